The summed E-state index contributed by atoms with van der Waals surface area (Å²) < 4.78 is 0. The highest BCUT2D eigenvalue weighted by Crippen LogP contribution is 2.40. The third kappa shape index (κ3) is 3.19. The molecule has 0 aromatic carbocycles. The van der Waals surface area contributed by atoms with Crippen LogP contribution in [-0.2, 0) is 16.0 Å². The first kappa shape index (κ1) is 16.6. The summed E-state index contributed by atoms with van der Waals surface area (Å²) in [4.78, 5) is 32.7. The molecule has 3 saturated heterocycles. The lowest BCUT2D eigenvalue weighted by atomic mass is 9.82. The molecule has 2 atom stereocenters. The van der Waals surface area contributed by atoms with E-state index in [-0.39, 0.29) is 23.3 Å². The molecule has 2 bridgehead atoms. The third-order valence-electron chi connectivity index (χ3n) is 6.40. The van der Waals surface area contributed by atoms with Crippen molar-refractivity contribution in [3.8, 4) is 0 Å². The van der Waals surface area contributed by atoms with Crippen LogP contribution in [0.25, 0.3) is 0 Å². The van der Waals surface area contributed by atoms with E-state index in [1.165, 1.54) is 0 Å². The van der Waals surface area contributed by atoms with Gasteiger partial charge < -0.3 is 20.1 Å². The summed E-state index contributed by atoms with van der Waals surface area (Å²) in [7, 11) is 0. The number of carbonyl (C=O) groups is 2. The lowest BCUT2D eigenvalue weighted by Crippen LogP contribution is -2.54. The molecule has 0 radical (unpaired) electrons. The molecule has 1 aromatic rings. The van der Waals surface area contributed by atoms with Crippen LogP contribution in [0.4, 0.5) is 0 Å². The van der Waals surface area contributed by atoms with Gasteiger partial charge >= 0.3 is 0 Å². The molecule has 2 amide bonds. The maximum atomic E-state index is 12.8. The fourth-order valence-corrected chi connectivity index (χ4v) is 4.68. The van der Waals surface area contributed by atoms with Gasteiger partial charge in [0.2, 0.25) is 11.8 Å². The summed E-state index contributed by atoms with van der Waals surface area (Å²) in [6, 6.07) is 4.05. The minimum atomic E-state index is -0.139. The van der Waals surface area contributed by atoms with E-state index in [9.17, 15) is 9.59 Å². The topological polar surface area (TPSA) is 68.4 Å². The SMILES string of the molecule is CC1CN(C(=O)Cc2ccc[nH]2)CCC1NC(=O)C12CCN(CC1)C2. The molecule has 6 nitrogen and oxygen atoms in total. The molecule has 6 heteroatoms. The Morgan fingerprint density at radius 2 is 2.12 bits per heavy atom. The molecule has 2 N–H and O–H groups in total. The largest absolute Gasteiger partial charge is 0.365 e. The van der Waals surface area contributed by atoms with Crippen molar-refractivity contribution in [2.45, 2.75) is 38.6 Å². The van der Waals surface area contributed by atoms with Gasteiger partial charge in [0.15, 0.2) is 0 Å². The molecular formula is C19H28N4O2. The van der Waals surface area contributed by atoms with Crippen LogP contribution < -0.4 is 5.32 Å². The number of nitrogens with zero attached hydrogens (tertiary/aromatic N) is 2. The fraction of sp³-hybridized carbons (Fsp3) is 0.684. The van der Waals surface area contributed by atoms with Crippen LogP contribution in [0.1, 0.15) is 31.9 Å². The minimum absolute atomic E-state index is 0.139. The Morgan fingerprint density at radius 3 is 2.72 bits per heavy atom. The van der Waals surface area contributed by atoms with Crippen LogP contribution in [0.2, 0.25) is 0 Å². The van der Waals surface area contributed by atoms with E-state index in [1.54, 1.807) is 0 Å². The fourth-order valence-electron chi connectivity index (χ4n) is 4.68. The van der Waals surface area contributed by atoms with Gasteiger partial charge in [0, 0.05) is 37.6 Å². The molecule has 3 aliphatic heterocycles. The summed E-state index contributed by atoms with van der Waals surface area (Å²) in [5, 5.41) is 3.32. The average molecular weight is 344 g/mol. The Bertz CT molecular complexity index is 634. The van der Waals surface area contributed by atoms with Crippen molar-refractivity contribution >= 4 is 11.8 Å². The van der Waals surface area contributed by atoms with Gasteiger partial charge in [-0.2, -0.15) is 0 Å². The number of aromatic amines is 1. The number of rotatable bonds is 4. The second kappa shape index (κ2) is 6.48. The highest BCUT2D eigenvalue weighted by atomic mass is 16.2. The number of likely N-dealkylation sites (tertiary alicyclic amines) is 1. The van der Waals surface area contributed by atoms with E-state index in [1.807, 2.05) is 23.2 Å². The lowest BCUT2D eigenvalue weighted by molar-refractivity contribution is -0.134. The van der Waals surface area contributed by atoms with Gasteiger partial charge in [-0.3, -0.25) is 9.59 Å². The van der Waals surface area contributed by atoms with E-state index < -0.39 is 0 Å². The first-order valence-electron chi connectivity index (χ1n) is 9.49. The number of carbonyl (C=O) groups excluding carboxylic acids is 2. The number of amides is 2. The van der Waals surface area contributed by atoms with E-state index in [0.29, 0.717) is 12.3 Å². The first-order valence-corrected chi connectivity index (χ1v) is 9.49. The van der Waals surface area contributed by atoms with E-state index in [4.69, 9.17) is 0 Å². The van der Waals surface area contributed by atoms with Crippen LogP contribution >= 0.6 is 0 Å². The zero-order valence-electron chi connectivity index (χ0n) is 15.0. The van der Waals surface area contributed by atoms with Crippen molar-refractivity contribution in [1.29, 1.82) is 0 Å². The van der Waals surface area contributed by atoms with Crippen molar-refractivity contribution in [3.63, 3.8) is 0 Å². The van der Waals surface area contributed by atoms with Crippen LogP contribution in [0, 0.1) is 11.3 Å². The number of H-pyrrole nitrogens is 1. The predicted molar refractivity (Wildman–Crippen MR) is 94.9 cm³/mol. The van der Waals surface area contributed by atoms with Crippen molar-refractivity contribution < 1.29 is 9.59 Å². The molecule has 1 aromatic heterocycles. The van der Waals surface area contributed by atoms with Crippen LogP contribution in [0.5, 0.6) is 0 Å². The van der Waals surface area contributed by atoms with Crippen molar-refractivity contribution in [2.24, 2.45) is 11.3 Å². The number of piperidine rings is 2. The van der Waals surface area contributed by atoms with Gasteiger partial charge in [0.1, 0.15) is 0 Å². The van der Waals surface area contributed by atoms with Crippen LogP contribution in [-0.4, -0.2) is 65.4 Å². The predicted octanol–water partition coefficient (Wildman–Crippen LogP) is 1.01. The molecule has 4 heterocycles. The molecule has 3 aliphatic rings. The number of hydrogen-bond acceptors (Lipinski definition) is 3. The minimum Gasteiger partial charge on any atom is -0.365 e. The molecule has 25 heavy (non-hydrogen) atoms. The summed E-state index contributed by atoms with van der Waals surface area (Å²) in [5.74, 6) is 0.705. The highest BCUT2D eigenvalue weighted by molar-refractivity contribution is 5.84. The maximum Gasteiger partial charge on any atom is 0.228 e. The third-order valence-corrected chi connectivity index (χ3v) is 6.40. The summed E-state index contributed by atoms with van der Waals surface area (Å²) in [6.07, 6.45) is 5.12. The standard InChI is InChI=1S/C19H28N4O2/c1-14-12-23(17(24)11-15-3-2-7-20-15)8-4-16(14)21-18(25)19-5-9-22(13-19)10-6-19/h2-3,7,14,16,20H,4-6,8-13H2,1H3,(H,21,25). The monoisotopic (exact) mass is 344 g/mol. The molecule has 0 aliphatic carbocycles. The van der Waals surface area contributed by atoms with E-state index >= 15 is 0 Å². The maximum absolute atomic E-state index is 12.8. The van der Waals surface area contributed by atoms with Crippen molar-refractivity contribution in [2.75, 3.05) is 32.7 Å². The van der Waals surface area contributed by atoms with Gasteiger partial charge in [-0.1, -0.05) is 6.92 Å². The smallest absolute Gasteiger partial charge is 0.228 e. The average Bonchev–Trinajstić information content (AvgIpc) is 3.34. The zero-order chi connectivity index (χ0) is 17.4. The Morgan fingerprint density at radius 1 is 1.32 bits per heavy atom. The number of hydrogen-bond donors (Lipinski definition) is 2. The quantitative estimate of drug-likeness (QED) is 0.856. The molecule has 4 rings (SSSR count). The van der Waals surface area contributed by atoms with Gasteiger partial charge in [-0.15, -0.1) is 0 Å². The number of aromatic nitrogens is 1. The Kier molecular flexibility index (Phi) is 4.31. The molecule has 2 unspecified atom stereocenters. The molecular weight excluding hydrogens is 316 g/mol. The van der Waals surface area contributed by atoms with Gasteiger partial charge in [0.25, 0.3) is 0 Å². The molecule has 136 valence electrons. The highest BCUT2D eigenvalue weighted by Gasteiger charge is 2.49. The number of fused-ring (bicyclic) bond motifs is 2. The molecule has 0 spiro atoms. The second-order valence-electron chi connectivity index (χ2n) is 8.11. The van der Waals surface area contributed by atoms with Crippen molar-refractivity contribution in [1.82, 2.24) is 20.1 Å². The Balaban J connectivity index is 1.31. The lowest BCUT2D eigenvalue weighted by Gasteiger charge is -2.38. The van der Waals surface area contributed by atoms with Gasteiger partial charge in [0.05, 0.1) is 11.8 Å². The van der Waals surface area contributed by atoms with Gasteiger partial charge in [-0.25, -0.2) is 0 Å². The van der Waals surface area contributed by atoms with Crippen LogP contribution in [0.15, 0.2) is 18.3 Å². The normalized spacial score (nSPS) is 34.3. The van der Waals surface area contributed by atoms with Crippen molar-refractivity contribution in [3.05, 3.63) is 24.0 Å². The zero-order valence-corrected chi connectivity index (χ0v) is 15.0. The first-order chi connectivity index (χ1) is 12.1. The van der Waals surface area contributed by atoms with E-state index in [0.717, 1.165) is 57.7 Å². The summed E-state index contributed by atoms with van der Waals surface area (Å²) in [5.41, 5.74) is 0.819. The van der Waals surface area contributed by atoms with Gasteiger partial charge in [-0.05, 0) is 50.4 Å². The Labute approximate surface area is 148 Å². The second-order valence-corrected chi connectivity index (χ2v) is 8.11. The van der Waals surface area contributed by atoms with Crippen LogP contribution in [0.3, 0.4) is 0 Å². The Hall–Kier alpha value is -1.82. The molecule has 3 fully saturated rings. The number of nitrogens with one attached hydrogen (secondary N) is 2. The summed E-state index contributed by atoms with van der Waals surface area (Å²) >= 11 is 0. The van der Waals surface area contributed by atoms with E-state index in [2.05, 4.69) is 22.1 Å². The molecule has 0 saturated carbocycles. The summed E-state index contributed by atoms with van der Waals surface area (Å²) in [6.45, 7) is 6.66.